The number of rotatable bonds is 7. The van der Waals surface area contributed by atoms with Gasteiger partial charge in [-0.15, -0.1) is 0 Å². The topological polar surface area (TPSA) is 44.5 Å². The van der Waals surface area contributed by atoms with Crippen LogP contribution in [0.2, 0.25) is 5.02 Å². The van der Waals surface area contributed by atoms with E-state index in [2.05, 4.69) is 34.2 Å². The first-order valence-corrected chi connectivity index (χ1v) is 11.2. The van der Waals surface area contributed by atoms with Gasteiger partial charge in [0.2, 0.25) is 0 Å². The quantitative estimate of drug-likeness (QED) is 0.493. The molecule has 0 saturated carbocycles. The maximum Gasteiger partial charge on any atom is 0.170 e. The third-order valence-corrected chi connectivity index (χ3v) is 6.34. The van der Waals surface area contributed by atoms with E-state index in [0.717, 1.165) is 58.0 Å². The molecule has 5 nitrogen and oxygen atoms in total. The van der Waals surface area contributed by atoms with Gasteiger partial charge in [-0.2, -0.15) is 0 Å². The molecule has 1 aliphatic heterocycles. The van der Waals surface area contributed by atoms with Crippen LogP contribution in [0.3, 0.4) is 0 Å². The number of thiocarbonyl (C=S) groups is 1. The Kier molecular flexibility index (Phi) is 6.60. The van der Waals surface area contributed by atoms with Crippen molar-refractivity contribution in [3.05, 3.63) is 76.8 Å². The molecular formula is C24H27ClN4OS. The minimum Gasteiger partial charge on any atom is -0.459 e. The molecule has 7 heteroatoms. The van der Waals surface area contributed by atoms with Crippen LogP contribution < -0.4 is 5.32 Å². The van der Waals surface area contributed by atoms with Gasteiger partial charge in [-0.3, -0.25) is 4.98 Å². The molecule has 2 atom stereocenters. The van der Waals surface area contributed by atoms with E-state index in [0.29, 0.717) is 0 Å². The number of furan rings is 1. The second-order valence-corrected chi connectivity index (χ2v) is 8.94. The zero-order valence-corrected chi connectivity index (χ0v) is 19.6. The van der Waals surface area contributed by atoms with Crippen molar-refractivity contribution >= 4 is 28.9 Å². The molecule has 0 amide bonds. The van der Waals surface area contributed by atoms with Crippen LogP contribution in [0.1, 0.15) is 35.5 Å². The maximum atomic E-state index is 6.37. The standard InChI is InChI=1S/C24H27ClN4OS/c1-16-8-9-17(15-18(16)25)20-10-11-21(30-20)23-22(19-7-4-5-12-26-19)27-24(31)29(23)14-6-13-28(2)3/h4-5,7-12,15,22-23H,6,13-14H2,1-3H3,(H,27,31)/t22-,23+/m1/s1. The van der Waals surface area contributed by atoms with Crippen molar-refractivity contribution in [3.63, 3.8) is 0 Å². The van der Waals surface area contributed by atoms with E-state index in [9.17, 15) is 0 Å². The first kappa shape index (κ1) is 21.8. The summed E-state index contributed by atoms with van der Waals surface area (Å²) in [6, 6.07) is 15.8. The van der Waals surface area contributed by atoms with E-state index < -0.39 is 0 Å². The molecule has 1 saturated heterocycles. The lowest BCUT2D eigenvalue weighted by Crippen LogP contribution is -2.32. The Morgan fingerprint density at radius 1 is 1.19 bits per heavy atom. The maximum absolute atomic E-state index is 6.37. The number of hydrogen-bond donors (Lipinski definition) is 1. The summed E-state index contributed by atoms with van der Waals surface area (Å²) in [5, 5.41) is 4.94. The van der Waals surface area contributed by atoms with Crippen LogP contribution in [-0.4, -0.2) is 47.1 Å². The first-order valence-electron chi connectivity index (χ1n) is 10.4. The van der Waals surface area contributed by atoms with Crippen LogP contribution in [0.15, 0.2) is 59.1 Å². The van der Waals surface area contributed by atoms with Gasteiger partial charge in [0.15, 0.2) is 5.11 Å². The van der Waals surface area contributed by atoms with Gasteiger partial charge < -0.3 is 19.5 Å². The number of benzene rings is 1. The molecule has 1 N–H and O–H groups in total. The Morgan fingerprint density at radius 2 is 2.03 bits per heavy atom. The van der Waals surface area contributed by atoms with E-state index in [-0.39, 0.29) is 12.1 Å². The van der Waals surface area contributed by atoms with Crippen LogP contribution in [-0.2, 0) is 0 Å². The first-order chi connectivity index (χ1) is 14.9. The van der Waals surface area contributed by atoms with Crippen molar-refractivity contribution in [3.8, 4) is 11.3 Å². The van der Waals surface area contributed by atoms with E-state index in [1.807, 2.05) is 61.7 Å². The summed E-state index contributed by atoms with van der Waals surface area (Å²) in [7, 11) is 4.17. The van der Waals surface area contributed by atoms with Gasteiger partial charge in [0.1, 0.15) is 17.6 Å². The van der Waals surface area contributed by atoms with Gasteiger partial charge in [-0.05, 0) is 82.1 Å². The minimum absolute atomic E-state index is 0.0702. The largest absolute Gasteiger partial charge is 0.459 e. The summed E-state index contributed by atoms with van der Waals surface area (Å²) in [5.41, 5.74) is 2.95. The molecule has 4 rings (SSSR count). The smallest absolute Gasteiger partial charge is 0.170 e. The van der Waals surface area contributed by atoms with E-state index >= 15 is 0 Å². The lowest BCUT2D eigenvalue weighted by atomic mass is 10.0. The van der Waals surface area contributed by atoms with Crippen LogP contribution in [0.5, 0.6) is 0 Å². The molecular weight excluding hydrogens is 428 g/mol. The van der Waals surface area contributed by atoms with Crippen molar-refractivity contribution in [2.45, 2.75) is 25.4 Å². The van der Waals surface area contributed by atoms with E-state index in [4.69, 9.17) is 28.2 Å². The highest BCUT2D eigenvalue weighted by Gasteiger charge is 2.41. The molecule has 3 aromatic rings. The van der Waals surface area contributed by atoms with E-state index in [1.165, 1.54) is 0 Å². The number of nitrogens with one attached hydrogen (secondary N) is 1. The minimum atomic E-state index is -0.0753. The summed E-state index contributed by atoms with van der Waals surface area (Å²) >= 11 is 12.1. The predicted octanol–water partition coefficient (Wildman–Crippen LogP) is 5.23. The number of aryl methyl sites for hydroxylation is 1. The van der Waals surface area contributed by atoms with Gasteiger partial charge in [-0.25, -0.2) is 0 Å². The van der Waals surface area contributed by atoms with E-state index in [1.54, 1.807) is 0 Å². The van der Waals surface area contributed by atoms with Crippen molar-refractivity contribution in [1.82, 2.24) is 20.1 Å². The second-order valence-electron chi connectivity index (χ2n) is 8.14. The third-order valence-electron chi connectivity index (χ3n) is 5.58. The third kappa shape index (κ3) is 4.76. The molecule has 1 aliphatic rings. The molecule has 1 fully saturated rings. The fourth-order valence-electron chi connectivity index (χ4n) is 3.93. The van der Waals surface area contributed by atoms with Crippen LogP contribution in [0.25, 0.3) is 11.3 Å². The number of halogens is 1. The Labute approximate surface area is 194 Å². The second kappa shape index (κ2) is 9.39. The van der Waals surface area contributed by atoms with Crippen LogP contribution in [0, 0.1) is 6.92 Å². The molecule has 3 heterocycles. The summed E-state index contributed by atoms with van der Waals surface area (Å²) < 4.78 is 6.37. The number of aromatic nitrogens is 1. The normalized spacial score (nSPS) is 18.6. The van der Waals surface area contributed by atoms with Crippen molar-refractivity contribution in [2.75, 3.05) is 27.2 Å². The average Bonchev–Trinajstić information content (AvgIpc) is 3.35. The SMILES string of the molecule is Cc1ccc(-c2ccc([C@H]3[C@@H](c4ccccn4)NC(=S)N3CCCN(C)C)o2)cc1Cl. The zero-order chi connectivity index (χ0) is 22.0. The molecule has 162 valence electrons. The molecule has 0 spiro atoms. The summed E-state index contributed by atoms with van der Waals surface area (Å²) in [6.07, 6.45) is 2.81. The lowest BCUT2D eigenvalue weighted by Gasteiger charge is -2.26. The Bertz CT molecular complexity index is 1050. The Balaban J connectivity index is 1.67. The monoisotopic (exact) mass is 454 g/mol. The summed E-state index contributed by atoms with van der Waals surface area (Å²) in [4.78, 5) is 8.99. The average molecular weight is 455 g/mol. The van der Waals surface area contributed by atoms with Crippen molar-refractivity contribution in [1.29, 1.82) is 0 Å². The Morgan fingerprint density at radius 3 is 2.74 bits per heavy atom. The highest BCUT2D eigenvalue weighted by atomic mass is 35.5. The number of pyridine rings is 1. The van der Waals surface area contributed by atoms with Gasteiger partial charge >= 0.3 is 0 Å². The molecule has 0 unspecified atom stereocenters. The van der Waals surface area contributed by atoms with Crippen molar-refractivity contribution < 1.29 is 4.42 Å². The molecule has 0 bridgehead atoms. The van der Waals surface area contributed by atoms with Crippen molar-refractivity contribution in [2.24, 2.45) is 0 Å². The van der Waals surface area contributed by atoms with Gasteiger partial charge in [0.05, 0.1) is 11.7 Å². The van der Waals surface area contributed by atoms with Gasteiger partial charge in [0.25, 0.3) is 0 Å². The molecule has 0 radical (unpaired) electrons. The summed E-state index contributed by atoms with van der Waals surface area (Å²) in [5.74, 6) is 1.65. The fourth-order valence-corrected chi connectivity index (χ4v) is 4.44. The molecule has 31 heavy (non-hydrogen) atoms. The highest BCUT2D eigenvalue weighted by molar-refractivity contribution is 7.80. The van der Waals surface area contributed by atoms with Gasteiger partial charge in [-0.1, -0.05) is 29.8 Å². The predicted molar refractivity (Wildman–Crippen MR) is 129 cm³/mol. The molecule has 1 aromatic carbocycles. The van der Waals surface area contributed by atoms with Crippen LogP contribution >= 0.6 is 23.8 Å². The fraction of sp³-hybridized carbons (Fsp3) is 0.333. The number of nitrogens with zero attached hydrogens (tertiary/aromatic N) is 3. The lowest BCUT2D eigenvalue weighted by molar-refractivity contribution is 0.261. The zero-order valence-electron chi connectivity index (χ0n) is 18.0. The Hall–Kier alpha value is -2.41. The molecule has 2 aromatic heterocycles. The van der Waals surface area contributed by atoms with Crippen LogP contribution in [0.4, 0.5) is 0 Å². The molecule has 0 aliphatic carbocycles. The number of hydrogen-bond acceptors (Lipinski definition) is 4. The highest BCUT2D eigenvalue weighted by Crippen LogP contribution is 2.40. The van der Waals surface area contributed by atoms with Gasteiger partial charge in [0, 0.05) is 23.3 Å². The summed E-state index contributed by atoms with van der Waals surface area (Å²) in [6.45, 7) is 3.82.